The van der Waals surface area contributed by atoms with Crippen LogP contribution in [0, 0.1) is 0 Å². The Morgan fingerprint density at radius 2 is 2.40 bits per heavy atom. The van der Waals surface area contributed by atoms with Crippen molar-refractivity contribution in [2.45, 2.75) is 18.9 Å². The van der Waals surface area contributed by atoms with Gasteiger partial charge in [-0.3, -0.25) is 4.79 Å². The van der Waals surface area contributed by atoms with Crippen molar-refractivity contribution >= 4 is 21.9 Å². The molecular formula is C11H12BrNO2. The first-order chi connectivity index (χ1) is 7.16. The van der Waals surface area contributed by atoms with Crippen LogP contribution in [0.1, 0.15) is 23.5 Å². The average Bonchev–Trinajstić information content (AvgIpc) is 2.18. The highest BCUT2D eigenvalue weighted by Crippen LogP contribution is 2.29. The molecule has 1 heterocycles. The smallest absolute Gasteiger partial charge is 0.304 e. The van der Waals surface area contributed by atoms with Crippen LogP contribution in [0.3, 0.4) is 0 Å². The minimum atomic E-state index is -0.741. The van der Waals surface area contributed by atoms with E-state index in [0.29, 0.717) is 0 Å². The van der Waals surface area contributed by atoms with E-state index in [1.54, 1.807) is 0 Å². The van der Waals surface area contributed by atoms with E-state index in [1.807, 2.05) is 18.2 Å². The molecule has 1 atom stereocenters. The molecule has 1 aromatic rings. The van der Waals surface area contributed by atoms with Crippen LogP contribution < -0.4 is 5.32 Å². The molecule has 0 aliphatic carbocycles. The highest BCUT2D eigenvalue weighted by molar-refractivity contribution is 9.10. The highest BCUT2D eigenvalue weighted by atomic mass is 79.9. The normalized spacial score (nSPS) is 19.7. The number of carboxylic acid groups (broad SMARTS) is 1. The van der Waals surface area contributed by atoms with Crippen LogP contribution in [0.25, 0.3) is 0 Å². The summed E-state index contributed by atoms with van der Waals surface area (Å²) in [6, 6.07) is 6.06. The van der Waals surface area contributed by atoms with Crippen LogP contribution in [0.15, 0.2) is 22.7 Å². The number of hydrogen-bond donors (Lipinski definition) is 2. The van der Waals surface area contributed by atoms with Gasteiger partial charge in [-0.2, -0.15) is 0 Å². The third-order valence-corrected chi connectivity index (χ3v) is 3.17. The van der Waals surface area contributed by atoms with E-state index in [2.05, 4.69) is 21.2 Å². The van der Waals surface area contributed by atoms with E-state index in [4.69, 9.17) is 5.11 Å². The Bertz CT molecular complexity index is 392. The van der Waals surface area contributed by atoms with Crippen LogP contribution in [0.4, 0.5) is 0 Å². The summed E-state index contributed by atoms with van der Waals surface area (Å²) in [6.07, 6.45) is 0.191. The molecule has 1 aliphatic heterocycles. The SMILES string of the molecule is O=C(O)CC1CNCc2ccc(Br)cc21. The molecule has 0 amide bonds. The van der Waals surface area contributed by atoms with Gasteiger partial charge < -0.3 is 10.4 Å². The topological polar surface area (TPSA) is 49.3 Å². The van der Waals surface area contributed by atoms with Gasteiger partial charge in [0.05, 0.1) is 6.42 Å². The molecule has 0 aromatic heterocycles. The largest absolute Gasteiger partial charge is 0.481 e. The molecule has 1 aliphatic rings. The Hall–Kier alpha value is -0.870. The van der Waals surface area contributed by atoms with Crippen molar-refractivity contribution in [2.75, 3.05) is 6.54 Å². The molecule has 1 aromatic carbocycles. The molecule has 2 N–H and O–H groups in total. The number of nitrogens with one attached hydrogen (secondary N) is 1. The predicted octanol–water partition coefficient (Wildman–Crippen LogP) is 2.11. The van der Waals surface area contributed by atoms with Crippen molar-refractivity contribution in [1.82, 2.24) is 5.32 Å². The molecule has 2 rings (SSSR count). The maximum absolute atomic E-state index is 10.7. The van der Waals surface area contributed by atoms with Crippen molar-refractivity contribution in [3.05, 3.63) is 33.8 Å². The average molecular weight is 270 g/mol. The zero-order valence-corrected chi connectivity index (χ0v) is 9.75. The first-order valence-electron chi connectivity index (χ1n) is 4.87. The number of carbonyl (C=O) groups is 1. The van der Waals surface area contributed by atoms with Gasteiger partial charge in [-0.25, -0.2) is 0 Å². The van der Waals surface area contributed by atoms with Crippen LogP contribution in [0.5, 0.6) is 0 Å². The Morgan fingerprint density at radius 1 is 1.60 bits per heavy atom. The van der Waals surface area contributed by atoms with Gasteiger partial charge in [-0.1, -0.05) is 22.0 Å². The summed E-state index contributed by atoms with van der Waals surface area (Å²) in [7, 11) is 0. The molecule has 3 nitrogen and oxygen atoms in total. The van der Waals surface area contributed by atoms with Crippen molar-refractivity contribution in [3.8, 4) is 0 Å². The van der Waals surface area contributed by atoms with E-state index < -0.39 is 5.97 Å². The number of hydrogen-bond acceptors (Lipinski definition) is 2. The van der Waals surface area contributed by atoms with Gasteiger partial charge in [0, 0.05) is 23.5 Å². The molecule has 0 saturated heterocycles. The number of aliphatic carboxylic acids is 1. The van der Waals surface area contributed by atoms with Gasteiger partial charge in [0.1, 0.15) is 0 Å². The lowest BCUT2D eigenvalue weighted by Gasteiger charge is -2.25. The minimum absolute atomic E-state index is 0.0868. The second-order valence-corrected chi connectivity index (χ2v) is 4.68. The fourth-order valence-electron chi connectivity index (χ4n) is 1.99. The van der Waals surface area contributed by atoms with Crippen LogP contribution in [-0.4, -0.2) is 17.6 Å². The maximum Gasteiger partial charge on any atom is 0.304 e. The lowest BCUT2D eigenvalue weighted by atomic mass is 9.89. The summed E-state index contributed by atoms with van der Waals surface area (Å²) >= 11 is 3.42. The van der Waals surface area contributed by atoms with Crippen LogP contribution in [0.2, 0.25) is 0 Å². The van der Waals surface area contributed by atoms with Gasteiger partial charge >= 0.3 is 5.97 Å². The molecule has 4 heteroatoms. The maximum atomic E-state index is 10.7. The van der Waals surface area contributed by atoms with Gasteiger partial charge in [0.2, 0.25) is 0 Å². The van der Waals surface area contributed by atoms with E-state index in [0.717, 1.165) is 23.1 Å². The van der Waals surface area contributed by atoms with Crippen molar-refractivity contribution in [2.24, 2.45) is 0 Å². The van der Waals surface area contributed by atoms with Gasteiger partial charge in [-0.05, 0) is 23.3 Å². The number of fused-ring (bicyclic) bond motifs is 1. The molecule has 15 heavy (non-hydrogen) atoms. The summed E-state index contributed by atoms with van der Waals surface area (Å²) in [4.78, 5) is 10.7. The van der Waals surface area contributed by atoms with Crippen LogP contribution >= 0.6 is 15.9 Å². The molecule has 0 spiro atoms. The minimum Gasteiger partial charge on any atom is -0.481 e. The molecule has 80 valence electrons. The molecule has 0 saturated carbocycles. The Morgan fingerprint density at radius 3 is 3.13 bits per heavy atom. The number of halogens is 1. The standard InChI is InChI=1S/C11H12BrNO2/c12-9-2-1-7-5-13-6-8(3-11(14)15)10(7)4-9/h1-2,4,8,13H,3,5-6H2,(H,14,15). The first kappa shape index (κ1) is 10.6. The summed E-state index contributed by atoms with van der Waals surface area (Å²) < 4.78 is 1.01. The zero-order valence-electron chi connectivity index (χ0n) is 8.16. The fraction of sp³-hybridized carbons (Fsp3) is 0.364. The number of rotatable bonds is 2. The van der Waals surface area contributed by atoms with Gasteiger partial charge in [0.15, 0.2) is 0 Å². The highest BCUT2D eigenvalue weighted by Gasteiger charge is 2.22. The second-order valence-electron chi connectivity index (χ2n) is 3.77. The predicted molar refractivity (Wildman–Crippen MR) is 60.8 cm³/mol. The quantitative estimate of drug-likeness (QED) is 0.865. The van der Waals surface area contributed by atoms with E-state index in [-0.39, 0.29) is 12.3 Å². The lowest BCUT2D eigenvalue weighted by molar-refractivity contribution is -0.137. The first-order valence-corrected chi connectivity index (χ1v) is 5.67. The van der Waals surface area contributed by atoms with Gasteiger partial charge in [0.25, 0.3) is 0 Å². The monoisotopic (exact) mass is 269 g/mol. The molecule has 0 bridgehead atoms. The number of carboxylic acids is 1. The van der Waals surface area contributed by atoms with E-state index in [9.17, 15) is 4.79 Å². The number of benzene rings is 1. The summed E-state index contributed by atoms with van der Waals surface area (Å²) in [6.45, 7) is 1.58. The fourth-order valence-corrected chi connectivity index (χ4v) is 2.37. The van der Waals surface area contributed by atoms with E-state index in [1.165, 1.54) is 5.56 Å². The summed E-state index contributed by atoms with van der Waals surface area (Å²) in [5.74, 6) is -0.654. The molecule has 0 radical (unpaired) electrons. The van der Waals surface area contributed by atoms with E-state index >= 15 is 0 Å². The third-order valence-electron chi connectivity index (χ3n) is 2.67. The van der Waals surface area contributed by atoms with Crippen molar-refractivity contribution in [1.29, 1.82) is 0 Å². The Labute approximate surface area is 96.6 Å². The third kappa shape index (κ3) is 2.38. The van der Waals surface area contributed by atoms with Crippen LogP contribution in [-0.2, 0) is 11.3 Å². The van der Waals surface area contributed by atoms with Crippen molar-refractivity contribution < 1.29 is 9.90 Å². The second kappa shape index (κ2) is 4.33. The summed E-state index contributed by atoms with van der Waals surface area (Å²) in [5, 5.41) is 12.1. The summed E-state index contributed by atoms with van der Waals surface area (Å²) in [5.41, 5.74) is 2.36. The molecule has 1 unspecified atom stereocenters. The lowest BCUT2D eigenvalue weighted by Crippen LogP contribution is -2.29. The zero-order chi connectivity index (χ0) is 10.8. The van der Waals surface area contributed by atoms with Crippen molar-refractivity contribution in [3.63, 3.8) is 0 Å². The van der Waals surface area contributed by atoms with Gasteiger partial charge in [-0.15, -0.1) is 0 Å². The molecule has 0 fully saturated rings. The Kier molecular flexibility index (Phi) is 3.07. The molecular weight excluding hydrogens is 258 g/mol. The Balaban J connectivity index is 2.32.